The molecule has 2 aromatic heterocycles. The van der Waals surface area contributed by atoms with Gasteiger partial charge < -0.3 is 5.32 Å². The van der Waals surface area contributed by atoms with Crippen LogP contribution in [0, 0.1) is 6.92 Å². The number of hydrogen-bond acceptors (Lipinski definition) is 3. The van der Waals surface area contributed by atoms with Crippen LogP contribution in [0.2, 0.25) is 0 Å². The largest absolute Gasteiger partial charge is 0.321 e. The number of nitrogens with zero attached hydrogens (tertiary/aromatic N) is 1. The second-order valence-electron chi connectivity index (χ2n) is 3.24. The van der Waals surface area contributed by atoms with Gasteiger partial charge in [-0.25, -0.2) is 0 Å². The van der Waals surface area contributed by atoms with Crippen molar-refractivity contribution in [1.29, 1.82) is 0 Å². The van der Waals surface area contributed by atoms with E-state index in [4.69, 9.17) is 0 Å². The van der Waals surface area contributed by atoms with Crippen LogP contribution in [-0.2, 0) is 0 Å². The highest BCUT2D eigenvalue weighted by Crippen LogP contribution is 2.24. The Morgan fingerprint density at radius 2 is 2.31 bits per heavy atom. The summed E-state index contributed by atoms with van der Waals surface area (Å²) in [6.07, 6.45) is 3.38. The first-order valence-electron chi connectivity index (χ1n) is 4.63. The molecule has 2 rings (SSSR count). The Bertz CT molecular complexity index is 524. The van der Waals surface area contributed by atoms with E-state index < -0.39 is 0 Å². The number of carbonyl (C=O) groups is 1. The summed E-state index contributed by atoms with van der Waals surface area (Å²) in [4.78, 5) is 16.5. The number of halogens is 1. The van der Waals surface area contributed by atoms with Crippen molar-refractivity contribution >= 4 is 38.9 Å². The number of amides is 1. The van der Waals surface area contributed by atoms with E-state index in [1.54, 1.807) is 18.5 Å². The highest BCUT2D eigenvalue weighted by molar-refractivity contribution is 9.10. The number of carbonyl (C=O) groups excluding carboxylic acids is 1. The maximum atomic E-state index is 11.9. The smallest absolute Gasteiger partial charge is 0.266 e. The molecule has 0 spiro atoms. The first-order chi connectivity index (χ1) is 7.68. The van der Waals surface area contributed by atoms with Gasteiger partial charge >= 0.3 is 0 Å². The topological polar surface area (TPSA) is 42.0 Å². The molecule has 0 bridgehead atoms. The molecule has 1 amide bonds. The molecule has 0 saturated carbocycles. The molecule has 16 heavy (non-hydrogen) atoms. The van der Waals surface area contributed by atoms with Crippen molar-refractivity contribution in [1.82, 2.24) is 4.98 Å². The van der Waals surface area contributed by atoms with Crippen LogP contribution < -0.4 is 5.32 Å². The highest BCUT2D eigenvalue weighted by Gasteiger charge is 2.12. The third-order valence-corrected chi connectivity index (χ3v) is 3.93. The summed E-state index contributed by atoms with van der Waals surface area (Å²) in [5.74, 6) is -0.101. The second kappa shape index (κ2) is 4.76. The highest BCUT2D eigenvalue weighted by atomic mass is 79.9. The van der Waals surface area contributed by atoms with Crippen LogP contribution in [0.3, 0.4) is 0 Å². The SMILES string of the molecule is Cc1cnccc1NC(=O)c1sccc1Br. The van der Waals surface area contributed by atoms with Crippen LogP contribution in [-0.4, -0.2) is 10.9 Å². The second-order valence-corrected chi connectivity index (χ2v) is 5.01. The maximum absolute atomic E-state index is 11.9. The number of aryl methyl sites for hydroxylation is 1. The van der Waals surface area contributed by atoms with Crippen molar-refractivity contribution in [2.24, 2.45) is 0 Å². The zero-order chi connectivity index (χ0) is 11.5. The number of rotatable bonds is 2. The first-order valence-corrected chi connectivity index (χ1v) is 6.30. The molecular formula is C11H9BrN2OS. The Labute approximate surface area is 106 Å². The molecule has 0 unspecified atom stereocenters. The van der Waals surface area contributed by atoms with Gasteiger partial charge in [-0.05, 0) is 45.9 Å². The van der Waals surface area contributed by atoms with Gasteiger partial charge in [0.25, 0.3) is 5.91 Å². The number of thiophene rings is 1. The molecule has 5 heteroatoms. The lowest BCUT2D eigenvalue weighted by Gasteiger charge is -2.06. The average Bonchev–Trinajstić information content (AvgIpc) is 2.68. The van der Waals surface area contributed by atoms with Crippen LogP contribution in [0.25, 0.3) is 0 Å². The lowest BCUT2D eigenvalue weighted by Crippen LogP contribution is -2.11. The summed E-state index contributed by atoms with van der Waals surface area (Å²) in [6, 6.07) is 3.65. The Morgan fingerprint density at radius 1 is 1.50 bits per heavy atom. The van der Waals surface area contributed by atoms with Crippen LogP contribution in [0.15, 0.2) is 34.4 Å². The quantitative estimate of drug-likeness (QED) is 0.922. The Hall–Kier alpha value is -1.20. The van der Waals surface area contributed by atoms with E-state index in [-0.39, 0.29) is 5.91 Å². The molecule has 0 atom stereocenters. The molecular weight excluding hydrogens is 288 g/mol. The lowest BCUT2D eigenvalue weighted by molar-refractivity contribution is 0.103. The zero-order valence-corrected chi connectivity index (χ0v) is 10.9. The summed E-state index contributed by atoms with van der Waals surface area (Å²) in [5, 5.41) is 4.73. The fourth-order valence-corrected chi connectivity index (χ4v) is 2.69. The molecule has 3 nitrogen and oxygen atoms in total. The summed E-state index contributed by atoms with van der Waals surface area (Å²) >= 11 is 4.74. The number of hydrogen-bond donors (Lipinski definition) is 1. The lowest BCUT2D eigenvalue weighted by atomic mass is 10.2. The molecule has 0 aliphatic carbocycles. The molecule has 0 fully saturated rings. The molecule has 1 N–H and O–H groups in total. The molecule has 82 valence electrons. The normalized spacial score (nSPS) is 10.1. The van der Waals surface area contributed by atoms with Crippen molar-refractivity contribution < 1.29 is 4.79 Å². The standard InChI is InChI=1S/C11H9BrN2OS/c1-7-6-13-4-2-9(7)14-11(15)10-8(12)3-5-16-10/h2-6H,1H3,(H,13,14,15). The Kier molecular flexibility index (Phi) is 3.36. The van der Waals surface area contributed by atoms with Gasteiger partial charge in [0.2, 0.25) is 0 Å². The van der Waals surface area contributed by atoms with Crippen molar-refractivity contribution in [3.63, 3.8) is 0 Å². The van der Waals surface area contributed by atoms with E-state index in [2.05, 4.69) is 26.2 Å². The predicted molar refractivity (Wildman–Crippen MR) is 68.9 cm³/mol. The predicted octanol–water partition coefficient (Wildman–Crippen LogP) is 3.47. The fraction of sp³-hybridized carbons (Fsp3) is 0.0909. The van der Waals surface area contributed by atoms with E-state index >= 15 is 0 Å². The van der Waals surface area contributed by atoms with Crippen LogP contribution in [0.4, 0.5) is 5.69 Å². The van der Waals surface area contributed by atoms with Crippen molar-refractivity contribution in [2.45, 2.75) is 6.92 Å². The summed E-state index contributed by atoms with van der Waals surface area (Å²) in [6.45, 7) is 1.91. The van der Waals surface area contributed by atoms with Gasteiger partial charge in [0.15, 0.2) is 0 Å². The van der Waals surface area contributed by atoms with E-state index in [1.807, 2.05) is 18.4 Å². The van der Waals surface area contributed by atoms with Crippen molar-refractivity contribution in [3.05, 3.63) is 44.8 Å². The Morgan fingerprint density at radius 3 is 2.94 bits per heavy atom. The zero-order valence-electron chi connectivity index (χ0n) is 8.53. The molecule has 2 aromatic rings. The van der Waals surface area contributed by atoms with Gasteiger partial charge in [0, 0.05) is 22.6 Å². The van der Waals surface area contributed by atoms with Crippen LogP contribution in [0.5, 0.6) is 0 Å². The first kappa shape index (κ1) is 11.3. The number of nitrogens with one attached hydrogen (secondary N) is 1. The molecule has 0 radical (unpaired) electrons. The van der Waals surface area contributed by atoms with Crippen LogP contribution >= 0.6 is 27.3 Å². The minimum atomic E-state index is -0.101. The monoisotopic (exact) mass is 296 g/mol. The van der Waals surface area contributed by atoms with Gasteiger partial charge in [-0.1, -0.05) is 0 Å². The molecule has 0 aliphatic heterocycles. The minimum absolute atomic E-state index is 0.101. The number of anilines is 1. The number of pyridine rings is 1. The average molecular weight is 297 g/mol. The number of aromatic nitrogens is 1. The summed E-state index contributed by atoms with van der Waals surface area (Å²) in [5.41, 5.74) is 1.74. The van der Waals surface area contributed by atoms with E-state index in [0.29, 0.717) is 4.88 Å². The fourth-order valence-electron chi connectivity index (χ4n) is 1.25. The van der Waals surface area contributed by atoms with Crippen LogP contribution in [0.1, 0.15) is 15.2 Å². The van der Waals surface area contributed by atoms with E-state index in [1.165, 1.54) is 11.3 Å². The van der Waals surface area contributed by atoms with E-state index in [9.17, 15) is 4.79 Å². The van der Waals surface area contributed by atoms with Gasteiger partial charge in [-0.2, -0.15) is 0 Å². The molecule has 0 saturated heterocycles. The van der Waals surface area contributed by atoms with Gasteiger partial charge in [-0.3, -0.25) is 9.78 Å². The van der Waals surface area contributed by atoms with Crippen molar-refractivity contribution in [3.8, 4) is 0 Å². The van der Waals surface area contributed by atoms with Gasteiger partial charge in [0.1, 0.15) is 4.88 Å². The van der Waals surface area contributed by atoms with Gasteiger partial charge in [-0.15, -0.1) is 11.3 Å². The summed E-state index contributed by atoms with van der Waals surface area (Å²) < 4.78 is 0.821. The molecule has 0 aromatic carbocycles. The third-order valence-electron chi connectivity index (χ3n) is 2.09. The Balaban J connectivity index is 2.21. The van der Waals surface area contributed by atoms with Gasteiger partial charge in [0.05, 0.1) is 0 Å². The maximum Gasteiger partial charge on any atom is 0.266 e. The van der Waals surface area contributed by atoms with E-state index in [0.717, 1.165) is 15.7 Å². The minimum Gasteiger partial charge on any atom is -0.321 e. The van der Waals surface area contributed by atoms with Crippen molar-refractivity contribution in [2.75, 3.05) is 5.32 Å². The molecule has 0 aliphatic rings. The third kappa shape index (κ3) is 2.31. The summed E-state index contributed by atoms with van der Waals surface area (Å²) in [7, 11) is 0. The molecule has 2 heterocycles.